The van der Waals surface area contributed by atoms with Crippen molar-refractivity contribution in [1.82, 2.24) is 24.3 Å². The first-order valence-corrected chi connectivity index (χ1v) is 7.66. The van der Waals surface area contributed by atoms with Crippen LogP contribution in [0, 0.1) is 0 Å². The minimum Gasteiger partial charge on any atom is -0.479 e. The highest BCUT2D eigenvalue weighted by molar-refractivity contribution is 9.10. The third-order valence-electron chi connectivity index (χ3n) is 3.05. The predicted octanol–water partition coefficient (Wildman–Crippen LogP) is 2.91. The molecule has 3 heterocycles. The van der Waals surface area contributed by atoms with Crippen LogP contribution in [-0.2, 0) is 0 Å². The summed E-state index contributed by atoms with van der Waals surface area (Å²) in [5.41, 5.74) is 1.74. The van der Waals surface area contributed by atoms with Crippen LogP contribution in [0.15, 0.2) is 42.0 Å². The molecule has 0 N–H and O–H groups in total. The second-order valence-electron chi connectivity index (χ2n) is 4.57. The zero-order valence-electron chi connectivity index (χ0n) is 12.4. The third-order valence-corrected chi connectivity index (χ3v) is 3.43. The van der Waals surface area contributed by atoms with Gasteiger partial charge in [0.05, 0.1) is 19.9 Å². The topological polar surface area (TPSA) is 74.4 Å². The van der Waals surface area contributed by atoms with Gasteiger partial charge in [0.1, 0.15) is 10.3 Å². The Balaban J connectivity index is 2.11. The van der Waals surface area contributed by atoms with Gasteiger partial charge in [-0.3, -0.25) is 0 Å². The quantitative estimate of drug-likeness (QED) is 0.487. The summed E-state index contributed by atoms with van der Waals surface area (Å²) >= 11 is 3.32. The number of rotatable bonds is 6. The van der Waals surface area contributed by atoms with Crippen molar-refractivity contribution in [1.29, 1.82) is 0 Å². The van der Waals surface area contributed by atoms with Crippen LogP contribution in [0.25, 0.3) is 17.0 Å². The highest BCUT2D eigenvalue weighted by Gasteiger charge is 2.16. The smallest absolute Gasteiger partial charge is 0.259 e. The summed E-state index contributed by atoms with van der Waals surface area (Å²) in [6.45, 7) is 4.16. The molecule has 3 aromatic heterocycles. The lowest BCUT2D eigenvalue weighted by atomic mass is 10.3. The number of aromatic nitrogens is 5. The summed E-state index contributed by atoms with van der Waals surface area (Å²) in [6.07, 6.45) is 9.39. The molecule has 0 aliphatic heterocycles. The second-order valence-corrected chi connectivity index (χ2v) is 5.38. The third kappa shape index (κ3) is 3.16. The highest BCUT2D eigenvalue weighted by atomic mass is 79.9. The fraction of sp³-hybridized carbons (Fsp3) is 0.200. The molecule has 0 unspecified atom stereocenters. The van der Waals surface area contributed by atoms with E-state index in [1.54, 1.807) is 25.6 Å². The monoisotopic (exact) mass is 375 g/mol. The fourth-order valence-corrected chi connectivity index (χ4v) is 2.31. The fourth-order valence-electron chi connectivity index (χ4n) is 2.03. The number of halogens is 1. The molecule has 0 fully saturated rings. The molecule has 0 aromatic carbocycles. The molecule has 0 aliphatic rings. The summed E-state index contributed by atoms with van der Waals surface area (Å²) in [5.74, 6) is 0.815. The SMILES string of the molecule is C=CCCOc1nc(-c2nc(Br)cnc2OC)cn2ccnc12. The summed E-state index contributed by atoms with van der Waals surface area (Å²) in [4.78, 5) is 17.4. The zero-order chi connectivity index (χ0) is 16.2. The molecule has 0 amide bonds. The van der Waals surface area contributed by atoms with E-state index in [0.717, 1.165) is 6.42 Å². The van der Waals surface area contributed by atoms with Crippen molar-refractivity contribution in [3.63, 3.8) is 0 Å². The van der Waals surface area contributed by atoms with E-state index in [9.17, 15) is 0 Å². The molecule has 0 spiro atoms. The summed E-state index contributed by atoms with van der Waals surface area (Å²) in [7, 11) is 1.54. The predicted molar refractivity (Wildman–Crippen MR) is 88.6 cm³/mol. The average Bonchev–Trinajstić information content (AvgIpc) is 3.03. The lowest BCUT2D eigenvalue weighted by molar-refractivity contribution is 0.314. The summed E-state index contributed by atoms with van der Waals surface area (Å²) < 4.78 is 13.4. The molecule has 118 valence electrons. The van der Waals surface area contributed by atoms with Crippen LogP contribution in [0.2, 0.25) is 0 Å². The lowest BCUT2D eigenvalue weighted by Crippen LogP contribution is -2.04. The van der Waals surface area contributed by atoms with Gasteiger partial charge >= 0.3 is 0 Å². The number of nitrogens with zero attached hydrogens (tertiary/aromatic N) is 5. The van der Waals surface area contributed by atoms with Crippen molar-refractivity contribution >= 4 is 21.6 Å². The Morgan fingerprint density at radius 1 is 1.30 bits per heavy atom. The molecule has 3 aromatic rings. The molecule has 0 bridgehead atoms. The molecule has 0 radical (unpaired) electrons. The first-order valence-electron chi connectivity index (χ1n) is 6.87. The van der Waals surface area contributed by atoms with Crippen LogP contribution in [-0.4, -0.2) is 38.1 Å². The minimum atomic E-state index is 0.386. The molecular weight excluding hydrogens is 362 g/mol. The Bertz CT molecular complexity index is 849. The zero-order valence-corrected chi connectivity index (χ0v) is 14.0. The number of fused-ring (bicyclic) bond motifs is 1. The maximum absolute atomic E-state index is 5.72. The van der Waals surface area contributed by atoms with E-state index in [4.69, 9.17) is 9.47 Å². The minimum absolute atomic E-state index is 0.386. The Labute approximate surface area is 141 Å². The van der Waals surface area contributed by atoms with Crippen LogP contribution in [0.5, 0.6) is 11.8 Å². The van der Waals surface area contributed by atoms with Gasteiger partial charge in [-0.15, -0.1) is 6.58 Å². The van der Waals surface area contributed by atoms with Crippen LogP contribution < -0.4 is 9.47 Å². The van der Waals surface area contributed by atoms with E-state index in [1.165, 1.54) is 0 Å². The summed E-state index contributed by atoms with van der Waals surface area (Å²) in [6, 6.07) is 0. The average molecular weight is 376 g/mol. The van der Waals surface area contributed by atoms with Crippen molar-refractivity contribution in [2.24, 2.45) is 0 Å². The van der Waals surface area contributed by atoms with E-state index < -0.39 is 0 Å². The summed E-state index contributed by atoms with van der Waals surface area (Å²) in [5, 5.41) is 0. The number of imidazole rings is 1. The van der Waals surface area contributed by atoms with Crippen LogP contribution in [0.4, 0.5) is 0 Å². The van der Waals surface area contributed by atoms with Gasteiger partial charge in [0, 0.05) is 18.6 Å². The molecule has 0 saturated carbocycles. The maximum Gasteiger partial charge on any atom is 0.259 e. The van der Waals surface area contributed by atoms with Crippen molar-refractivity contribution < 1.29 is 9.47 Å². The standard InChI is InChI=1S/C15H14BrN5O2/c1-3-4-7-23-15-13-17-5-6-21(13)9-10(19-15)12-14(22-2)18-8-11(16)20-12/h3,5-6,8-9H,1,4,7H2,2H3. The van der Waals surface area contributed by atoms with Crippen LogP contribution in [0.1, 0.15) is 6.42 Å². The van der Waals surface area contributed by atoms with Gasteiger partial charge in [0.15, 0.2) is 5.69 Å². The van der Waals surface area contributed by atoms with Gasteiger partial charge in [-0.25, -0.2) is 19.9 Å². The molecule has 7 nitrogen and oxygen atoms in total. The Morgan fingerprint density at radius 3 is 2.96 bits per heavy atom. The van der Waals surface area contributed by atoms with E-state index >= 15 is 0 Å². The number of methoxy groups -OCH3 is 1. The largest absolute Gasteiger partial charge is 0.479 e. The van der Waals surface area contributed by atoms with E-state index in [1.807, 2.05) is 16.8 Å². The first kappa shape index (κ1) is 15.4. The van der Waals surface area contributed by atoms with Gasteiger partial charge in [-0.2, -0.15) is 0 Å². The molecule has 23 heavy (non-hydrogen) atoms. The Kier molecular flexibility index (Phi) is 4.52. The molecule has 3 rings (SSSR count). The van der Waals surface area contributed by atoms with Gasteiger partial charge in [0.25, 0.3) is 5.88 Å². The van der Waals surface area contributed by atoms with E-state index in [-0.39, 0.29) is 0 Å². The number of hydrogen-bond acceptors (Lipinski definition) is 6. The molecule has 8 heteroatoms. The van der Waals surface area contributed by atoms with Crippen molar-refractivity contribution in [2.45, 2.75) is 6.42 Å². The number of hydrogen-bond donors (Lipinski definition) is 0. The Hall–Kier alpha value is -2.48. The van der Waals surface area contributed by atoms with E-state index in [2.05, 4.69) is 42.4 Å². The van der Waals surface area contributed by atoms with Gasteiger partial charge in [0.2, 0.25) is 11.5 Å². The van der Waals surface area contributed by atoms with Crippen LogP contribution in [0.3, 0.4) is 0 Å². The molecule has 0 saturated heterocycles. The lowest BCUT2D eigenvalue weighted by Gasteiger charge is -2.10. The molecule has 0 atom stereocenters. The van der Waals surface area contributed by atoms with E-state index in [0.29, 0.717) is 40.0 Å². The first-order chi connectivity index (χ1) is 11.2. The van der Waals surface area contributed by atoms with Gasteiger partial charge in [-0.1, -0.05) is 6.08 Å². The van der Waals surface area contributed by atoms with Crippen LogP contribution >= 0.6 is 15.9 Å². The van der Waals surface area contributed by atoms with Gasteiger partial charge in [-0.05, 0) is 22.4 Å². The molecular formula is C15H14BrN5O2. The normalized spacial score (nSPS) is 10.7. The van der Waals surface area contributed by atoms with Crippen molar-refractivity contribution in [3.8, 4) is 23.1 Å². The van der Waals surface area contributed by atoms with Crippen molar-refractivity contribution in [2.75, 3.05) is 13.7 Å². The number of ether oxygens (including phenoxy) is 2. The molecule has 0 aliphatic carbocycles. The maximum atomic E-state index is 5.72. The van der Waals surface area contributed by atoms with Gasteiger partial charge < -0.3 is 13.9 Å². The highest BCUT2D eigenvalue weighted by Crippen LogP contribution is 2.28. The van der Waals surface area contributed by atoms with Crippen molar-refractivity contribution in [3.05, 3.63) is 42.0 Å². The second kappa shape index (κ2) is 6.74. The Morgan fingerprint density at radius 2 is 2.17 bits per heavy atom.